The highest BCUT2D eigenvalue weighted by atomic mass is 16.6. The van der Waals surface area contributed by atoms with E-state index in [9.17, 15) is 0 Å². The molecule has 4 nitrogen and oxygen atoms in total. The van der Waals surface area contributed by atoms with Gasteiger partial charge in [0.25, 0.3) is 0 Å². The third kappa shape index (κ3) is 0.795. The van der Waals surface area contributed by atoms with Crippen molar-refractivity contribution in [3.05, 3.63) is 0 Å². The number of ether oxygens (including phenoxy) is 2. The third-order valence-corrected chi connectivity index (χ3v) is 2.44. The molecule has 3 N–H and O–H groups in total. The van der Waals surface area contributed by atoms with Crippen molar-refractivity contribution in [2.45, 2.75) is 23.8 Å². The molecule has 0 aromatic rings. The zero-order valence-corrected chi connectivity index (χ0v) is 6.06. The molecule has 0 aliphatic carbocycles. The summed E-state index contributed by atoms with van der Waals surface area (Å²) in [5.41, 5.74) is 5.00. The second-order valence-electron chi connectivity index (χ2n) is 3.11. The van der Waals surface area contributed by atoms with Crippen LogP contribution in [0.15, 0.2) is 0 Å². The van der Waals surface area contributed by atoms with Crippen molar-refractivity contribution < 1.29 is 14.6 Å². The predicted molar refractivity (Wildman–Crippen MR) is 38.2 cm³/mol. The Morgan fingerprint density at radius 2 is 2.45 bits per heavy atom. The van der Waals surface area contributed by atoms with Gasteiger partial charge < -0.3 is 20.3 Å². The fourth-order valence-corrected chi connectivity index (χ4v) is 1.67. The first kappa shape index (κ1) is 7.55. The van der Waals surface area contributed by atoms with Gasteiger partial charge in [0.1, 0.15) is 13.4 Å². The van der Waals surface area contributed by atoms with E-state index in [0.717, 1.165) is 0 Å². The molecule has 5 heteroatoms. The van der Waals surface area contributed by atoms with Gasteiger partial charge in [-0.15, -0.1) is 0 Å². The van der Waals surface area contributed by atoms with E-state index in [0.29, 0.717) is 6.61 Å². The summed E-state index contributed by atoms with van der Waals surface area (Å²) in [6.07, 6.45) is -0.248. The summed E-state index contributed by atoms with van der Waals surface area (Å²) < 4.78 is 10.5. The Labute approximate surface area is 66.1 Å². The maximum absolute atomic E-state index is 8.99. The summed E-state index contributed by atoms with van der Waals surface area (Å²) in [5, 5.41) is 8.99. The van der Waals surface area contributed by atoms with E-state index in [-0.39, 0.29) is 18.8 Å². The molecule has 0 saturated carbocycles. The van der Waals surface area contributed by atoms with Crippen LogP contribution in [0.5, 0.6) is 0 Å². The Bertz CT molecular complexity index is 179. The fourth-order valence-electron chi connectivity index (χ4n) is 1.67. The van der Waals surface area contributed by atoms with Crippen LogP contribution in [-0.2, 0) is 9.47 Å². The Morgan fingerprint density at radius 1 is 1.73 bits per heavy atom. The van der Waals surface area contributed by atoms with E-state index in [1.807, 2.05) is 0 Å². The number of hydrogen-bond acceptors (Lipinski definition) is 4. The summed E-state index contributed by atoms with van der Waals surface area (Å²) in [7, 11) is 5.53. The third-order valence-electron chi connectivity index (χ3n) is 2.44. The lowest BCUT2D eigenvalue weighted by molar-refractivity contribution is -0.130. The van der Waals surface area contributed by atoms with Crippen LogP contribution in [0.25, 0.3) is 0 Å². The lowest BCUT2D eigenvalue weighted by atomic mass is 9.91. The molecule has 2 saturated heterocycles. The molecule has 1 unspecified atom stereocenters. The van der Waals surface area contributed by atoms with Gasteiger partial charge in [0, 0.05) is 6.00 Å². The first-order valence-corrected chi connectivity index (χ1v) is 3.61. The highest BCUT2D eigenvalue weighted by Gasteiger charge is 2.57. The second kappa shape index (κ2) is 2.20. The van der Waals surface area contributed by atoms with E-state index in [1.54, 1.807) is 0 Å². The summed E-state index contributed by atoms with van der Waals surface area (Å²) in [4.78, 5) is 0. The smallest absolute Gasteiger partial charge is 0.131 e. The van der Waals surface area contributed by atoms with Gasteiger partial charge in [0.2, 0.25) is 0 Å². The molecule has 2 fully saturated rings. The molecule has 0 aromatic carbocycles. The minimum atomic E-state index is -0.732. The van der Waals surface area contributed by atoms with Gasteiger partial charge in [0.15, 0.2) is 0 Å². The van der Waals surface area contributed by atoms with Crippen LogP contribution in [0.3, 0.4) is 0 Å². The van der Waals surface area contributed by atoms with Gasteiger partial charge in [-0.05, 0) is 0 Å². The summed E-state index contributed by atoms with van der Waals surface area (Å²) in [6, 6.07) is -0.770. The average molecular weight is 155 g/mol. The molecule has 2 radical (unpaired) electrons. The molecule has 11 heavy (non-hydrogen) atoms. The van der Waals surface area contributed by atoms with Crippen molar-refractivity contribution in [2.75, 3.05) is 13.2 Å². The van der Waals surface area contributed by atoms with Gasteiger partial charge >= 0.3 is 0 Å². The first-order valence-electron chi connectivity index (χ1n) is 3.61. The fraction of sp³-hybridized carbons (Fsp3) is 1.00. The molecule has 0 amide bonds. The van der Waals surface area contributed by atoms with Gasteiger partial charge in [0.05, 0.1) is 25.4 Å². The van der Waals surface area contributed by atoms with Crippen LogP contribution in [0, 0.1) is 0 Å². The zero-order valence-electron chi connectivity index (χ0n) is 6.06. The van der Waals surface area contributed by atoms with Crippen molar-refractivity contribution in [3.8, 4) is 0 Å². The van der Waals surface area contributed by atoms with E-state index >= 15 is 0 Å². The molecule has 0 aromatic heterocycles. The molecule has 4 atom stereocenters. The first-order chi connectivity index (χ1) is 5.19. The van der Waals surface area contributed by atoms with Crippen molar-refractivity contribution in [3.63, 3.8) is 0 Å². The number of hydrogen-bond donors (Lipinski definition) is 2. The minimum absolute atomic E-state index is 0.127. The van der Waals surface area contributed by atoms with Crippen LogP contribution >= 0.6 is 0 Å². The van der Waals surface area contributed by atoms with Crippen molar-refractivity contribution in [1.82, 2.24) is 0 Å². The number of fused-ring (bicyclic) bond motifs is 2. The Balaban J connectivity index is 2.24. The van der Waals surface area contributed by atoms with Crippen LogP contribution < -0.4 is 5.73 Å². The molecular formula is C6H10BNO3. The Kier molecular flexibility index (Phi) is 1.51. The monoisotopic (exact) mass is 155 g/mol. The molecule has 2 heterocycles. The molecule has 2 aliphatic rings. The van der Waals surface area contributed by atoms with Crippen molar-refractivity contribution >= 4 is 7.85 Å². The number of nitrogens with two attached hydrogens (primary N) is 1. The van der Waals surface area contributed by atoms with Crippen LogP contribution in [-0.4, -0.2) is 49.9 Å². The number of aliphatic hydroxyl groups excluding tert-OH is 1. The van der Waals surface area contributed by atoms with Crippen LogP contribution in [0.4, 0.5) is 0 Å². The van der Waals surface area contributed by atoms with Crippen molar-refractivity contribution in [2.24, 2.45) is 5.73 Å². The number of aliphatic hydroxyl groups is 1. The predicted octanol–water partition coefficient (Wildman–Crippen LogP) is -2.03. The van der Waals surface area contributed by atoms with Gasteiger partial charge in [-0.3, -0.25) is 0 Å². The standard InChI is InChI=1S/C6H10BNO3/c7-5-3-4(8)6(1-9,11-5)2-10-3/h3-5,9H,1-2,8H2/t3?,4-,5-,6+/m1/s1. The van der Waals surface area contributed by atoms with E-state index in [1.165, 1.54) is 0 Å². The molecule has 0 spiro atoms. The number of rotatable bonds is 1. The van der Waals surface area contributed by atoms with Crippen LogP contribution in [0.1, 0.15) is 0 Å². The van der Waals surface area contributed by atoms with Crippen molar-refractivity contribution in [1.29, 1.82) is 0 Å². The lowest BCUT2D eigenvalue weighted by Gasteiger charge is -2.27. The lowest BCUT2D eigenvalue weighted by Crippen LogP contribution is -2.48. The van der Waals surface area contributed by atoms with Gasteiger partial charge in [-0.1, -0.05) is 0 Å². The highest BCUT2D eigenvalue weighted by molar-refractivity contribution is 6.11. The topological polar surface area (TPSA) is 64.7 Å². The zero-order chi connectivity index (χ0) is 8.06. The quantitative estimate of drug-likeness (QED) is 0.428. The van der Waals surface area contributed by atoms with Gasteiger partial charge in [-0.25, -0.2) is 0 Å². The Morgan fingerprint density at radius 3 is 2.73 bits per heavy atom. The molecule has 2 aliphatic heterocycles. The minimum Gasteiger partial charge on any atom is -0.393 e. The summed E-state index contributed by atoms with van der Waals surface area (Å²) in [5.74, 6) is 0. The highest BCUT2D eigenvalue weighted by Crippen LogP contribution is 2.36. The normalized spacial score (nSPS) is 55.3. The summed E-state index contributed by atoms with van der Waals surface area (Å²) in [6.45, 7) is 0.224. The summed E-state index contributed by atoms with van der Waals surface area (Å²) >= 11 is 0. The SMILES string of the molecule is [B][C@@H]1O[C@@]2(CO)COC1[C@H]2N. The molecular weight excluding hydrogens is 145 g/mol. The van der Waals surface area contributed by atoms with E-state index in [2.05, 4.69) is 0 Å². The van der Waals surface area contributed by atoms with E-state index < -0.39 is 11.6 Å². The van der Waals surface area contributed by atoms with E-state index in [4.69, 9.17) is 28.2 Å². The second-order valence-corrected chi connectivity index (χ2v) is 3.11. The molecule has 2 rings (SSSR count). The maximum Gasteiger partial charge on any atom is 0.131 e. The van der Waals surface area contributed by atoms with Gasteiger partial charge in [-0.2, -0.15) is 0 Å². The molecule has 2 bridgehead atoms. The largest absolute Gasteiger partial charge is 0.393 e. The maximum atomic E-state index is 8.99. The average Bonchev–Trinajstić information content (AvgIpc) is 2.42. The Hall–Kier alpha value is -0.0951. The molecule has 60 valence electrons. The van der Waals surface area contributed by atoms with Crippen LogP contribution in [0.2, 0.25) is 0 Å².